The molecule has 1 atom stereocenters. The van der Waals surface area contributed by atoms with Gasteiger partial charge in [-0.05, 0) is 48.9 Å². The van der Waals surface area contributed by atoms with Gasteiger partial charge in [-0.25, -0.2) is 9.79 Å². The van der Waals surface area contributed by atoms with Gasteiger partial charge in [-0.3, -0.25) is 9.36 Å². The lowest BCUT2D eigenvalue weighted by atomic mass is 9.93. The zero-order valence-electron chi connectivity index (χ0n) is 22.6. The zero-order chi connectivity index (χ0) is 28.5. The summed E-state index contributed by atoms with van der Waals surface area (Å²) in [6.45, 7) is 2.01. The van der Waals surface area contributed by atoms with Gasteiger partial charge in [-0.15, -0.1) is 0 Å². The number of fused-ring (bicyclic) bond motifs is 2. The topological polar surface area (TPSA) is 97.6 Å². The van der Waals surface area contributed by atoms with Crippen LogP contribution in [0.3, 0.4) is 0 Å². The highest BCUT2D eigenvalue weighted by atomic mass is 32.1. The average Bonchev–Trinajstić information content (AvgIpc) is 3.60. The Balaban J connectivity index is 1.65. The van der Waals surface area contributed by atoms with E-state index < -0.39 is 12.0 Å². The first-order valence-corrected chi connectivity index (χ1v) is 13.7. The number of thiazole rings is 1. The molecule has 0 saturated carbocycles. The van der Waals surface area contributed by atoms with Crippen molar-refractivity contribution in [2.45, 2.75) is 13.0 Å². The van der Waals surface area contributed by atoms with Gasteiger partial charge in [0.15, 0.2) is 16.3 Å². The van der Waals surface area contributed by atoms with Gasteiger partial charge in [0.2, 0.25) is 6.79 Å². The molecule has 0 radical (unpaired) electrons. The summed E-state index contributed by atoms with van der Waals surface area (Å²) in [5, 5.41) is 0. The fraction of sp³-hybridized carbons (Fsp3) is 0.194. The van der Waals surface area contributed by atoms with Gasteiger partial charge >= 0.3 is 5.97 Å². The number of methoxy groups -OCH3 is 2. The molecule has 3 aromatic carbocycles. The number of hydrogen-bond donors (Lipinski definition) is 0. The van der Waals surface area contributed by atoms with Crippen LogP contribution in [0.2, 0.25) is 0 Å². The van der Waals surface area contributed by atoms with Crippen LogP contribution in [0.15, 0.2) is 82.1 Å². The number of hydrogen-bond acceptors (Lipinski definition) is 9. The first-order chi connectivity index (χ1) is 20.0. The number of ether oxygens (including phenoxy) is 5. The fourth-order valence-electron chi connectivity index (χ4n) is 4.93. The number of nitrogens with zero attached hydrogens (tertiary/aromatic N) is 2. The molecular formula is C31H26N2O7S. The molecule has 9 nitrogen and oxygen atoms in total. The molecule has 2 aliphatic rings. The van der Waals surface area contributed by atoms with Gasteiger partial charge in [0.25, 0.3) is 5.56 Å². The van der Waals surface area contributed by atoms with Crippen LogP contribution < -0.4 is 33.8 Å². The van der Waals surface area contributed by atoms with Crippen LogP contribution in [0.5, 0.6) is 23.0 Å². The van der Waals surface area contributed by atoms with Crippen molar-refractivity contribution in [3.8, 4) is 23.0 Å². The first-order valence-electron chi connectivity index (χ1n) is 12.9. The lowest BCUT2D eigenvalue weighted by Gasteiger charge is -2.26. The standard InChI is InChI=1S/C31H26N2O7S/c1-4-38-30(35)26-27(18-8-6-5-7-9-18)32-31-33(28(26)19-10-12-23-24(15-19)40-17-39-23)29(34)25(41-31)16-20-14-21(36-2)11-13-22(20)37-3/h5-16,28H,4,17H2,1-3H3/t28-/m1/s1. The van der Waals surface area contributed by atoms with Crippen molar-refractivity contribution in [2.24, 2.45) is 4.99 Å². The molecular weight excluding hydrogens is 544 g/mol. The second-order valence-corrected chi connectivity index (χ2v) is 10.2. The van der Waals surface area contributed by atoms with Crippen molar-refractivity contribution in [3.05, 3.63) is 109 Å². The van der Waals surface area contributed by atoms with Gasteiger partial charge in [0.1, 0.15) is 11.5 Å². The quantitative estimate of drug-likeness (QED) is 0.313. The summed E-state index contributed by atoms with van der Waals surface area (Å²) in [5.41, 5.74) is 2.45. The molecule has 0 N–H and O–H groups in total. The second-order valence-electron chi connectivity index (χ2n) is 9.15. The minimum absolute atomic E-state index is 0.0970. The Morgan fingerprint density at radius 1 is 1.05 bits per heavy atom. The van der Waals surface area contributed by atoms with Crippen LogP contribution >= 0.6 is 11.3 Å². The maximum Gasteiger partial charge on any atom is 0.338 e. The van der Waals surface area contributed by atoms with E-state index in [0.29, 0.717) is 49.2 Å². The van der Waals surface area contributed by atoms with Gasteiger partial charge < -0.3 is 23.7 Å². The molecule has 3 heterocycles. The Kier molecular flexibility index (Phi) is 7.07. The number of aromatic nitrogens is 1. The van der Waals surface area contributed by atoms with Crippen molar-refractivity contribution in [1.29, 1.82) is 0 Å². The molecule has 2 aliphatic heterocycles. The summed E-state index contributed by atoms with van der Waals surface area (Å²) >= 11 is 1.23. The molecule has 0 aliphatic carbocycles. The third-order valence-corrected chi connectivity index (χ3v) is 7.79. The summed E-state index contributed by atoms with van der Waals surface area (Å²) in [6, 6.07) is 19.3. The highest BCUT2D eigenvalue weighted by Crippen LogP contribution is 2.40. The van der Waals surface area contributed by atoms with E-state index in [1.165, 1.54) is 11.3 Å². The van der Waals surface area contributed by atoms with Gasteiger partial charge in [-0.1, -0.05) is 47.7 Å². The third-order valence-electron chi connectivity index (χ3n) is 6.81. The second kappa shape index (κ2) is 11.0. The molecule has 208 valence electrons. The van der Waals surface area contributed by atoms with E-state index >= 15 is 0 Å². The molecule has 41 heavy (non-hydrogen) atoms. The van der Waals surface area contributed by atoms with Crippen molar-refractivity contribution in [1.82, 2.24) is 4.57 Å². The molecule has 1 aromatic heterocycles. The summed E-state index contributed by atoms with van der Waals surface area (Å²) < 4.78 is 29.6. The summed E-state index contributed by atoms with van der Waals surface area (Å²) in [4.78, 5) is 33.1. The number of carbonyl (C=O) groups is 1. The van der Waals surface area contributed by atoms with Gasteiger partial charge in [-0.2, -0.15) is 0 Å². The van der Waals surface area contributed by atoms with Crippen LogP contribution in [0, 0.1) is 0 Å². The van der Waals surface area contributed by atoms with E-state index in [1.54, 1.807) is 62.1 Å². The largest absolute Gasteiger partial charge is 0.497 e. The Hall–Kier alpha value is -4.83. The molecule has 6 rings (SSSR count). The number of rotatable bonds is 7. The normalized spacial score (nSPS) is 15.8. The molecule has 10 heteroatoms. The Morgan fingerprint density at radius 3 is 2.61 bits per heavy atom. The number of carbonyl (C=O) groups excluding carboxylic acids is 1. The SMILES string of the molecule is CCOC(=O)C1=C(c2ccccc2)N=c2sc(=Cc3cc(OC)ccc3OC)c(=O)n2[C@@H]1c1ccc2c(c1)OCO2. The van der Waals surface area contributed by atoms with Crippen molar-refractivity contribution in [3.63, 3.8) is 0 Å². The molecule has 0 spiro atoms. The summed E-state index contributed by atoms with van der Waals surface area (Å²) in [5.74, 6) is 1.78. The van der Waals surface area contributed by atoms with E-state index in [4.69, 9.17) is 28.7 Å². The predicted octanol–water partition coefficient (Wildman–Crippen LogP) is 3.68. The highest BCUT2D eigenvalue weighted by Gasteiger charge is 2.36. The Bertz CT molecular complexity index is 1860. The Labute approximate surface area is 239 Å². The first kappa shape index (κ1) is 26.4. The van der Waals surface area contributed by atoms with Gasteiger partial charge in [0, 0.05) is 11.1 Å². The highest BCUT2D eigenvalue weighted by molar-refractivity contribution is 7.07. The van der Waals surface area contributed by atoms with E-state index in [9.17, 15) is 9.59 Å². The molecule has 0 fully saturated rings. The van der Waals surface area contributed by atoms with E-state index in [1.807, 2.05) is 36.4 Å². The Morgan fingerprint density at radius 2 is 1.85 bits per heavy atom. The lowest BCUT2D eigenvalue weighted by molar-refractivity contribution is -0.138. The summed E-state index contributed by atoms with van der Waals surface area (Å²) in [7, 11) is 3.14. The fourth-order valence-corrected chi connectivity index (χ4v) is 5.92. The smallest absolute Gasteiger partial charge is 0.338 e. The molecule has 0 saturated heterocycles. The molecule has 4 aromatic rings. The van der Waals surface area contributed by atoms with Crippen LogP contribution in [-0.2, 0) is 9.53 Å². The number of esters is 1. The van der Waals surface area contributed by atoms with Crippen molar-refractivity contribution < 1.29 is 28.5 Å². The van der Waals surface area contributed by atoms with E-state index in [-0.39, 0.29) is 24.5 Å². The van der Waals surface area contributed by atoms with Gasteiger partial charge in [0.05, 0.1) is 42.7 Å². The van der Waals surface area contributed by atoms with Crippen LogP contribution in [-0.4, -0.2) is 38.2 Å². The zero-order valence-corrected chi connectivity index (χ0v) is 23.4. The predicted molar refractivity (Wildman–Crippen MR) is 153 cm³/mol. The van der Waals surface area contributed by atoms with Crippen LogP contribution in [0.25, 0.3) is 11.8 Å². The maximum absolute atomic E-state index is 14.1. The van der Waals surface area contributed by atoms with E-state index in [0.717, 1.165) is 5.56 Å². The average molecular weight is 571 g/mol. The molecule has 0 amide bonds. The van der Waals surface area contributed by atoms with Crippen molar-refractivity contribution in [2.75, 3.05) is 27.6 Å². The monoisotopic (exact) mass is 570 g/mol. The molecule has 0 unspecified atom stereocenters. The van der Waals surface area contributed by atoms with E-state index in [2.05, 4.69) is 0 Å². The minimum Gasteiger partial charge on any atom is -0.497 e. The van der Waals surface area contributed by atoms with Crippen LogP contribution in [0.4, 0.5) is 0 Å². The molecule has 0 bridgehead atoms. The minimum atomic E-state index is -0.829. The summed E-state index contributed by atoms with van der Waals surface area (Å²) in [6.07, 6.45) is 1.75. The van der Waals surface area contributed by atoms with Crippen molar-refractivity contribution >= 4 is 29.1 Å². The maximum atomic E-state index is 14.1. The number of benzene rings is 3. The lowest BCUT2D eigenvalue weighted by Crippen LogP contribution is -2.40. The van der Waals surface area contributed by atoms with Crippen LogP contribution in [0.1, 0.15) is 29.7 Å². The third kappa shape index (κ3) is 4.76.